The van der Waals surface area contributed by atoms with Crippen LogP contribution in [0, 0.1) is 0 Å². The molecule has 1 aliphatic heterocycles. The maximum absolute atomic E-state index is 13.3. The monoisotopic (exact) mass is 565 g/mol. The van der Waals surface area contributed by atoms with Gasteiger partial charge in [-0.15, -0.1) is 0 Å². The summed E-state index contributed by atoms with van der Waals surface area (Å²) in [5.74, 6) is -0.339. The molecule has 3 rings (SSSR count). The highest BCUT2D eigenvalue weighted by molar-refractivity contribution is 6.00. The maximum Gasteiger partial charge on any atom is 0.416 e. The molecular formula is C28H34F3N3O6. The van der Waals surface area contributed by atoms with Crippen LogP contribution in [0.3, 0.4) is 0 Å². The molecule has 1 amide bonds. The number of nitrogens with zero attached hydrogens (tertiary/aromatic N) is 1. The fourth-order valence-corrected chi connectivity index (χ4v) is 3.80. The summed E-state index contributed by atoms with van der Waals surface area (Å²) in [6.45, 7) is 5.34. The minimum atomic E-state index is -4.49. The van der Waals surface area contributed by atoms with Crippen LogP contribution in [0.5, 0.6) is 5.75 Å². The van der Waals surface area contributed by atoms with Crippen LogP contribution in [-0.2, 0) is 31.8 Å². The minimum Gasteiger partial charge on any atom is -0.494 e. The lowest BCUT2D eigenvalue weighted by Crippen LogP contribution is -2.51. The highest BCUT2D eigenvalue weighted by Gasteiger charge is 2.45. The summed E-state index contributed by atoms with van der Waals surface area (Å²) in [4.78, 5) is 30.3. The van der Waals surface area contributed by atoms with Crippen LogP contribution in [-0.4, -0.2) is 53.8 Å². The molecule has 1 aliphatic rings. The lowest BCUT2D eigenvalue weighted by atomic mass is 9.94. The quantitative estimate of drug-likeness (QED) is 0.203. The highest BCUT2D eigenvalue weighted by Crippen LogP contribution is 2.30. The lowest BCUT2D eigenvalue weighted by molar-refractivity contribution is -0.155. The Kier molecular flexibility index (Phi) is 10.2. The highest BCUT2D eigenvalue weighted by atomic mass is 19.4. The topological polar surface area (TPSA) is 118 Å². The number of esters is 1. The number of aliphatic imine (C=N–C) groups is 1. The van der Waals surface area contributed by atoms with Crippen LogP contribution in [0.15, 0.2) is 53.5 Å². The number of carbonyl (C=O) groups is 2. The third-order valence-electron chi connectivity index (χ3n) is 5.77. The molecule has 1 atom stereocenters. The first-order chi connectivity index (χ1) is 18.8. The van der Waals surface area contributed by atoms with Crippen molar-refractivity contribution < 1.29 is 42.1 Å². The van der Waals surface area contributed by atoms with Gasteiger partial charge in [0.2, 0.25) is 5.90 Å². The van der Waals surface area contributed by atoms with E-state index in [2.05, 4.69) is 15.8 Å². The van der Waals surface area contributed by atoms with Gasteiger partial charge < -0.3 is 19.3 Å². The average Bonchev–Trinajstić information content (AvgIpc) is 3.33. The van der Waals surface area contributed by atoms with Crippen molar-refractivity contribution in [2.24, 2.45) is 4.99 Å². The maximum atomic E-state index is 13.3. The molecule has 0 bridgehead atoms. The molecule has 2 aromatic rings. The molecule has 1 heterocycles. The van der Waals surface area contributed by atoms with E-state index in [0.29, 0.717) is 29.9 Å². The van der Waals surface area contributed by atoms with Crippen LogP contribution in [0.2, 0.25) is 0 Å². The normalized spacial score (nSPS) is 17.1. The van der Waals surface area contributed by atoms with Crippen LogP contribution >= 0.6 is 0 Å². The van der Waals surface area contributed by atoms with Crippen LogP contribution in [0.4, 0.5) is 13.2 Å². The predicted octanol–water partition coefficient (Wildman–Crippen LogP) is 3.93. The number of nitrogens with one attached hydrogen (secondary N) is 2. The van der Waals surface area contributed by atoms with Gasteiger partial charge in [-0.2, -0.15) is 13.2 Å². The molecule has 3 N–H and O–H groups in total. The molecule has 9 nitrogen and oxygen atoms in total. The summed E-state index contributed by atoms with van der Waals surface area (Å²) in [5.41, 5.74) is 3.06. The van der Waals surface area contributed by atoms with E-state index < -0.39 is 34.8 Å². The van der Waals surface area contributed by atoms with Gasteiger partial charge in [-0.05, 0) is 63.1 Å². The number of benzene rings is 2. The predicted molar refractivity (Wildman–Crippen MR) is 140 cm³/mol. The number of alkyl halides is 3. The van der Waals surface area contributed by atoms with E-state index in [0.717, 1.165) is 12.1 Å². The number of hydrazine groups is 1. The summed E-state index contributed by atoms with van der Waals surface area (Å²) in [6, 6.07) is 11.6. The first-order valence-corrected chi connectivity index (χ1v) is 12.8. The van der Waals surface area contributed by atoms with Gasteiger partial charge in [-0.25, -0.2) is 10.4 Å². The molecule has 0 aliphatic carbocycles. The van der Waals surface area contributed by atoms with E-state index in [1.165, 1.54) is 12.1 Å². The molecule has 0 aromatic heterocycles. The summed E-state index contributed by atoms with van der Waals surface area (Å²) in [5, 5.41) is 8.89. The molecule has 12 heteroatoms. The molecule has 0 saturated heterocycles. The zero-order valence-corrected chi connectivity index (χ0v) is 22.6. The molecule has 0 fully saturated rings. The Labute approximate surface area is 230 Å². The largest absolute Gasteiger partial charge is 0.494 e. The lowest BCUT2D eigenvalue weighted by Gasteiger charge is -2.24. The van der Waals surface area contributed by atoms with E-state index in [1.54, 1.807) is 45.0 Å². The fourth-order valence-electron chi connectivity index (χ4n) is 3.80. The van der Waals surface area contributed by atoms with Gasteiger partial charge >= 0.3 is 12.1 Å². The van der Waals surface area contributed by atoms with E-state index in [-0.39, 0.29) is 38.5 Å². The zero-order valence-electron chi connectivity index (χ0n) is 22.6. The van der Waals surface area contributed by atoms with Crippen LogP contribution in [0.1, 0.15) is 56.7 Å². The Bertz CT molecular complexity index is 1200. The number of hydrogen-bond donors (Lipinski definition) is 3. The number of aliphatic hydroxyl groups excluding tert-OH is 1. The van der Waals surface area contributed by atoms with E-state index >= 15 is 0 Å². The molecule has 0 radical (unpaired) electrons. The number of amides is 1. The fraction of sp³-hybridized carbons (Fsp3) is 0.464. The van der Waals surface area contributed by atoms with E-state index in [1.807, 2.05) is 0 Å². The zero-order chi connectivity index (χ0) is 29.4. The minimum absolute atomic E-state index is 0.0188. The van der Waals surface area contributed by atoms with Crippen molar-refractivity contribution in [1.29, 1.82) is 0 Å². The van der Waals surface area contributed by atoms with Crippen LogP contribution in [0.25, 0.3) is 0 Å². The average molecular weight is 566 g/mol. The Balaban J connectivity index is 1.73. The number of carbonyl (C=O) groups excluding carboxylic acids is 2. The van der Waals surface area contributed by atoms with Gasteiger partial charge in [0.05, 0.1) is 12.2 Å². The van der Waals surface area contributed by atoms with Crippen molar-refractivity contribution in [3.63, 3.8) is 0 Å². The van der Waals surface area contributed by atoms with Crippen molar-refractivity contribution >= 4 is 17.8 Å². The van der Waals surface area contributed by atoms with Crippen molar-refractivity contribution in [3.05, 3.63) is 65.2 Å². The second-order valence-electron chi connectivity index (χ2n) is 10.3. The molecule has 0 unspecified atom stereocenters. The van der Waals surface area contributed by atoms with Gasteiger partial charge in [0.1, 0.15) is 18.0 Å². The van der Waals surface area contributed by atoms with E-state index in [4.69, 9.17) is 19.3 Å². The first kappa shape index (κ1) is 30.9. The standard InChI is InChI=1S/C28H34F3N3O6/c1-26(2,3)40-23(36)12-13-27(25(37)34-32-17-19-6-4-7-21(16-19)28(29,30)31)18-39-24(33-27)20-8-10-22(11-9-20)38-15-5-14-35/h4,6-11,16,32,35H,5,12-15,17-18H2,1-3H3,(H,34,37)/t27-/m0/s1. The van der Waals surface area contributed by atoms with Gasteiger partial charge in [0.25, 0.3) is 5.91 Å². The first-order valence-electron chi connectivity index (χ1n) is 12.8. The molecule has 40 heavy (non-hydrogen) atoms. The third kappa shape index (κ3) is 8.95. The van der Waals surface area contributed by atoms with Gasteiger partial charge in [-0.3, -0.25) is 15.0 Å². The SMILES string of the molecule is CC(C)(C)OC(=O)CC[C@@]1(C(=O)NNCc2cccc(C(F)(F)F)c2)COC(c2ccc(OCCCO)cc2)=N1. The van der Waals surface area contributed by atoms with Gasteiger partial charge in [0, 0.05) is 31.6 Å². The van der Waals surface area contributed by atoms with E-state index in [9.17, 15) is 22.8 Å². The second-order valence-corrected chi connectivity index (χ2v) is 10.3. The summed E-state index contributed by atoms with van der Waals surface area (Å²) in [7, 11) is 0. The molecule has 218 valence electrons. The second kappa shape index (κ2) is 13.1. The van der Waals surface area contributed by atoms with Gasteiger partial charge in [-0.1, -0.05) is 18.2 Å². The molecule has 2 aromatic carbocycles. The summed E-state index contributed by atoms with van der Waals surface area (Å²) < 4.78 is 55.7. The van der Waals surface area contributed by atoms with Crippen molar-refractivity contribution in [2.45, 2.75) is 63.9 Å². The van der Waals surface area contributed by atoms with Crippen molar-refractivity contribution in [3.8, 4) is 5.75 Å². The Hall–Kier alpha value is -3.64. The number of aliphatic hydroxyl groups is 1. The molecular weight excluding hydrogens is 531 g/mol. The summed E-state index contributed by atoms with van der Waals surface area (Å²) in [6.07, 6.45) is -4.13. The van der Waals surface area contributed by atoms with Crippen LogP contribution < -0.4 is 15.6 Å². The Morgan fingerprint density at radius 3 is 2.50 bits per heavy atom. The van der Waals surface area contributed by atoms with Crippen molar-refractivity contribution in [2.75, 3.05) is 19.8 Å². The number of rotatable bonds is 12. The van der Waals surface area contributed by atoms with Crippen molar-refractivity contribution in [1.82, 2.24) is 10.9 Å². The summed E-state index contributed by atoms with van der Waals surface area (Å²) >= 11 is 0. The molecule has 0 spiro atoms. The van der Waals surface area contributed by atoms with Gasteiger partial charge in [0.15, 0.2) is 5.54 Å². The Morgan fingerprint density at radius 2 is 1.85 bits per heavy atom. The number of halogens is 3. The third-order valence-corrected chi connectivity index (χ3v) is 5.77. The Morgan fingerprint density at radius 1 is 1.12 bits per heavy atom. The number of ether oxygens (including phenoxy) is 3. The molecule has 0 saturated carbocycles. The number of hydrogen-bond acceptors (Lipinski definition) is 8. The smallest absolute Gasteiger partial charge is 0.416 e.